The molecule has 0 saturated carbocycles. The Kier molecular flexibility index (Phi) is 5.52. The minimum atomic E-state index is 0.00117. The Balaban J connectivity index is 2.72. The minimum absolute atomic E-state index is 0.00117. The Morgan fingerprint density at radius 2 is 2.12 bits per heavy atom. The molecule has 1 rings (SSSR count). The van der Waals surface area contributed by atoms with E-state index >= 15 is 0 Å². The summed E-state index contributed by atoms with van der Waals surface area (Å²) < 4.78 is 0.00117. The Bertz CT molecular complexity index is 348. The number of halogens is 1. The summed E-state index contributed by atoms with van der Waals surface area (Å²) in [5.41, 5.74) is 1.15. The van der Waals surface area contributed by atoms with Gasteiger partial charge in [-0.3, -0.25) is 4.79 Å². The average Bonchev–Trinajstić information content (AvgIpc) is 2.29. The van der Waals surface area contributed by atoms with Crippen LogP contribution in [0.25, 0.3) is 0 Å². The maximum absolute atomic E-state index is 11.9. The highest BCUT2D eigenvalue weighted by atomic mass is 127. The van der Waals surface area contributed by atoms with Gasteiger partial charge in [0.15, 0.2) is 0 Å². The smallest absolute Gasteiger partial charge is 0.235 e. The number of alkyl halides is 1. The highest BCUT2D eigenvalue weighted by Gasteiger charge is 2.16. The van der Waals surface area contributed by atoms with Gasteiger partial charge >= 0.3 is 0 Å². The zero-order valence-electron chi connectivity index (χ0n) is 9.40. The molecule has 0 aliphatic carbocycles. The Labute approximate surface area is 110 Å². The van der Waals surface area contributed by atoms with Gasteiger partial charge in [0, 0.05) is 13.1 Å². The van der Waals surface area contributed by atoms with Gasteiger partial charge in [-0.15, -0.1) is 6.58 Å². The van der Waals surface area contributed by atoms with Crippen LogP contribution in [0.1, 0.15) is 12.5 Å². The highest BCUT2D eigenvalue weighted by Crippen LogP contribution is 2.10. The lowest BCUT2D eigenvalue weighted by Gasteiger charge is -2.22. The SMILES string of the molecule is C=CCN(Cc1ccccc1)C(=O)C(C)I. The van der Waals surface area contributed by atoms with Crippen molar-refractivity contribution in [3.05, 3.63) is 48.6 Å². The molecule has 0 heterocycles. The summed E-state index contributed by atoms with van der Waals surface area (Å²) in [6, 6.07) is 10.0. The van der Waals surface area contributed by atoms with Crippen molar-refractivity contribution in [1.29, 1.82) is 0 Å². The molecule has 0 N–H and O–H groups in total. The van der Waals surface area contributed by atoms with Crippen LogP contribution in [0.4, 0.5) is 0 Å². The summed E-state index contributed by atoms with van der Waals surface area (Å²) in [7, 11) is 0. The molecule has 1 amide bonds. The maximum Gasteiger partial charge on any atom is 0.235 e. The number of rotatable bonds is 5. The monoisotopic (exact) mass is 329 g/mol. The third kappa shape index (κ3) is 3.96. The van der Waals surface area contributed by atoms with E-state index in [2.05, 4.69) is 29.2 Å². The molecule has 2 nitrogen and oxygen atoms in total. The van der Waals surface area contributed by atoms with Crippen LogP contribution in [0.3, 0.4) is 0 Å². The number of benzene rings is 1. The van der Waals surface area contributed by atoms with Gasteiger partial charge in [-0.25, -0.2) is 0 Å². The summed E-state index contributed by atoms with van der Waals surface area (Å²) in [4.78, 5) is 13.7. The molecule has 0 aromatic heterocycles. The number of hydrogen-bond acceptors (Lipinski definition) is 1. The molecule has 1 atom stereocenters. The molecule has 0 saturated heterocycles. The van der Waals surface area contributed by atoms with Gasteiger partial charge in [0.05, 0.1) is 3.92 Å². The van der Waals surface area contributed by atoms with E-state index in [4.69, 9.17) is 0 Å². The van der Waals surface area contributed by atoms with Gasteiger partial charge < -0.3 is 4.90 Å². The number of carbonyl (C=O) groups excluding carboxylic acids is 1. The molecular formula is C13H16INO. The Morgan fingerprint density at radius 3 is 2.62 bits per heavy atom. The van der Waals surface area contributed by atoms with E-state index < -0.39 is 0 Å². The minimum Gasteiger partial charge on any atom is -0.334 e. The first-order valence-electron chi connectivity index (χ1n) is 5.23. The Hall–Kier alpha value is -0.840. The van der Waals surface area contributed by atoms with Crippen LogP contribution in [-0.4, -0.2) is 21.3 Å². The van der Waals surface area contributed by atoms with Crippen molar-refractivity contribution in [2.24, 2.45) is 0 Å². The normalized spacial score (nSPS) is 11.9. The maximum atomic E-state index is 11.9. The summed E-state index contributed by atoms with van der Waals surface area (Å²) in [5.74, 6) is 0.157. The fourth-order valence-electron chi connectivity index (χ4n) is 1.44. The van der Waals surface area contributed by atoms with Crippen molar-refractivity contribution in [2.45, 2.75) is 17.4 Å². The van der Waals surface area contributed by atoms with Gasteiger partial charge in [0.2, 0.25) is 5.91 Å². The molecule has 0 aliphatic heterocycles. The first-order valence-corrected chi connectivity index (χ1v) is 6.47. The second-order valence-electron chi connectivity index (χ2n) is 3.61. The highest BCUT2D eigenvalue weighted by molar-refractivity contribution is 14.1. The van der Waals surface area contributed by atoms with Crippen LogP contribution in [0.15, 0.2) is 43.0 Å². The molecule has 0 spiro atoms. The van der Waals surface area contributed by atoms with Crippen LogP contribution < -0.4 is 0 Å². The zero-order chi connectivity index (χ0) is 12.0. The zero-order valence-corrected chi connectivity index (χ0v) is 11.6. The van der Waals surface area contributed by atoms with Crippen molar-refractivity contribution in [1.82, 2.24) is 4.90 Å². The average molecular weight is 329 g/mol. The first-order chi connectivity index (χ1) is 7.65. The molecule has 0 bridgehead atoms. The molecule has 16 heavy (non-hydrogen) atoms. The topological polar surface area (TPSA) is 20.3 Å². The van der Waals surface area contributed by atoms with Gasteiger partial charge in [0.25, 0.3) is 0 Å². The molecule has 1 aromatic carbocycles. The van der Waals surface area contributed by atoms with E-state index in [0.29, 0.717) is 13.1 Å². The van der Waals surface area contributed by atoms with E-state index in [1.165, 1.54) is 0 Å². The predicted octanol–water partition coefficient (Wildman–Crippen LogP) is 3.02. The molecule has 1 aromatic rings. The third-order valence-electron chi connectivity index (χ3n) is 2.22. The lowest BCUT2D eigenvalue weighted by Crippen LogP contribution is -2.35. The van der Waals surface area contributed by atoms with Crippen LogP contribution in [0.5, 0.6) is 0 Å². The largest absolute Gasteiger partial charge is 0.334 e. The van der Waals surface area contributed by atoms with E-state index in [1.807, 2.05) is 42.2 Å². The molecule has 0 radical (unpaired) electrons. The Morgan fingerprint density at radius 1 is 1.50 bits per heavy atom. The molecule has 1 unspecified atom stereocenters. The molecule has 0 fully saturated rings. The molecule has 3 heteroatoms. The van der Waals surface area contributed by atoms with Crippen LogP contribution in [0, 0.1) is 0 Å². The quantitative estimate of drug-likeness (QED) is 0.462. The second-order valence-corrected chi connectivity index (χ2v) is 5.48. The third-order valence-corrected chi connectivity index (χ3v) is 2.75. The van der Waals surface area contributed by atoms with Gasteiger partial charge in [-0.05, 0) is 12.5 Å². The van der Waals surface area contributed by atoms with Crippen LogP contribution in [0.2, 0.25) is 0 Å². The summed E-state index contributed by atoms with van der Waals surface area (Å²) in [6.07, 6.45) is 1.76. The fourth-order valence-corrected chi connectivity index (χ4v) is 1.84. The van der Waals surface area contributed by atoms with Gasteiger partial charge in [-0.1, -0.05) is 59.0 Å². The van der Waals surface area contributed by atoms with Crippen LogP contribution in [-0.2, 0) is 11.3 Å². The van der Waals surface area contributed by atoms with E-state index in [9.17, 15) is 4.79 Å². The first kappa shape index (κ1) is 13.2. The van der Waals surface area contributed by atoms with Gasteiger partial charge in [-0.2, -0.15) is 0 Å². The second kappa shape index (κ2) is 6.68. The van der Waals surface area contributed by atoms with E-state index in [1.54, 1.807) is 6.08 Å². The lowest BCUT2D eigenvalue weighted by atomic mass is 10.2. The number of carbonyl (C=O) groups is 1. The number of hydrogen-bond donors (Lipinski definition) is 0. The lowest BCUT2D eigenvalue weighted by molar-refractivity contribution is -0.130. The van der Waals surface area contributed by atoms with Crippen molar-refractivity contribution >= 4 is 28.5 Å². The van der Waals surface area contributed by atoms with Crippen molar-refractivity contribution in [3.8, 4) is 0 Å². The fraction of sp³-hybridized carbons (Fsp3) is 0.308. The van der Waals surface area contributed by atoms with E-state index in [-0.39, 0.29) is 9.83 Å². The number of amides is 1. The number of nitrogens with zero attached hydrogens (tertiary/aromatic N) is 1. The molecule has 86 valence electrons. The summed E-state index contributed by atoms with van der Waals surface area (Å²) in [6.45, 7) is 6.84. The molecule has 0 aliphatic rings. The molecular weight excluding hydrogens is 313 g/mol. The van der Waals surface area contributed by atoms with Crippen molar-refractivity contribution < 1.29 is 4.79 Å². The van der Waals surface area contributed by atoms with Crippen molar-refractivity contribution in [2.75, 3.05) is 6.54 Å². The van der Waals surface area contributed by atoms with E-state index in [0.717, 1.165) is 5.56 Å². The van der Waals surface area contributed by atoms with Crippen molar-refractivity contribution in [3.63, 3.8) is 0 Å². The summed E-state index contributed by atoms with van der Waals surface area (Å²) >= 11 is 2.14. The van der Waals surface area contributed by atoms with Gasteiger partial charge in [0.1, 0.15) is 0 Å². The van der Waals surface area contributed by atoms with Crippen LogP contribution >= 0.6 is 22.6 Å². The predicted molar refractivity (Wildman–Crippen MR) is 75.5 cm³/mol. The standard InChI is InChI=1S/C13H16INO/c1-3-9-15(13(16)11(2)14)10-12-7-5-4-6-8-12/h3-8,11H,1,9-10H2,2H3. The summed E-state index contributed by atoms with van der Waals surface area (Å²) in [5, 5.41) is 0.